The van der Waals surface area contributed by atoms with Crippen LogP contribution in [0.4, 0.5) is 0 Å². The van der Waals surface area contributed by atoms with Crippen LogP contribution in [-0.4, -0.2) is 16.6 Å². The molecule has 0 radical (unpaired) electrons. The molecule has 0 saturated heterocycles. The topological polar surface area (TPSA) is 45.1 Å². The van der Waals surface area contributed by atoms with E-state index in [0.717, 1.165) is 23.2 Å². The Labute approximate surface area is 134 Å². The van der Waals surface area contributed by atoms with Gasteiger partial charge in [0.15, 0.2) is 0 Å². The lowest BCUT2D eigenvalue weighted by Crippen LogP contribution is -2.20. The van der Waals surface area contributed by atoms with Crippen LogP contribution in [0.25, 0.3) is 11.1 Å². The maximum atomic E-state index is 10.1. The van der Waals surface area contributed by atoms with Gasteiger partial charge in [-0.1, -0.05) is 24.3 Å². The Bertz CT molecular complexity index is 698. The van der Waals surface area contributed by atoms with E-state index in [1.54, 1.807) is 17.5 Å². The van der Waals surface area contributed by atoms with Gasteiger partial charge in [0.2, 0.25) is 0 Å². The summed E-state index contributed by atoms with van der Waals surface area (Å²) in [4.78, 5) is 4.16. The first kappa shape index (κ1) is 14.9. The van der Waals surface area contributed by atoms with Gasteiger partial charge in [-0.2, -0.15) is 11.3 Å². The van der Waals surface area contributed by atoms with Crippen molar-refractivity contribution >= 4 is 11.3 Å². The lowest BCUT2D eigenvalue weighted by atomic mass is 10.0. The third kappa shape index (κ3) is 3.80. The number of aromatic nitrogens is 1. The third-order valence-corrected chi connectivity index (χ3v) is 4.22. The molecule has 1 aromatic carbocycles. The molecule has 3 aromatic rings. The van der Waals surface area contributed by atoms with E-state index in [1.807, 2.05) is 29.1 Å². The summed E-state index contributed by atoms with van der Waals surface area (Å²) in [6.07, 6.45) is 3.20. The molecule has 2 aromatic heterocycles. The zero-order valence-electron chi connectivity index (χ0n) is 12.1. The van der Waals surface area contributed by atoms with Crippen molar-refractivity contribution in [1.82, 2.24) is 10.3 Å². The minimum atomic E-state index is -0.451. The molecule has 0 aliphatic heterocycles. The zero-order valence-corrected chi connectivity index (χ0v) is 13.0. The van der Waals surface area contributed by atoms with Crippen molar-refractivity contribution in [1.29, 1.82) is 0 Å². The molecule has 2 N–H and O–H groups in total. The number of nitrogens with one attached hydrogen (secondary N) is 1. The number of nitrogens with zero attached hydrogens (tertiary/aromatic N) is 1. The van der Waals surface area contributed by atoms with E-state index in [9.17, 15) is 5.11 Å². The Balaban J connectivity index is 1.59. The van der Waals surface area contributed by atoms with Crippen molar-refractivity contribution < 1.29 is 5.11 Å². The summed E-state index contributed by atoms with van der Waals surface area (Å²) in [5.41, 5.74) is 4.44. The highest BCUT2D eigenvalue weighted by Gasteiger charge is 2.07. The highest BCUT2D eigenvalue weighted by Crippen LogP contribution is 2.19. The van der Waals surface area contributed by atoms with Crippen LogP contribution in [0.2, 0.25) is 0 Å². The molecule has 2 heterocycles. The standard InChI is InChI=1S/C18H18N2OS/c21-18(17-6-8-22-13-17)12-20-10-14-3-1-4-15(9-14)16-5-2-7-19-11-16/h1-9,11,13,18,20-21H,10,12H2. The van der Waals surface area contributed by atoms with Crippen LogP contribution in [0, 0.1) is 0 Å². The average molecular weight is 310 g/mol. The fourth-order valence-electron chi connectivity index (χ4n) is 2.33. The normalized spacial score (nSPS) is 12.2. The number of benzene rings is 1. The molecule has 0 saturated carbocycles. The van der Waals surface area contributed by atoms with E-state index in [2.05, 4.69) is 40.6 Å². The van der Waals surface area contributed by atoms with Crippen molar-refractivity contribution in [3.8, 4) is 11.1 Å². The summed E-state index contributed by atoms with van der Waals surface area (Å²) in [5, 5.41) is 17.3. The van der Waals surface area contributed by atoms with Crippen LogP contribution < -0.4 is 5.32 Å². The molecule has 112 valence electrons. The number of hydrogen-bond acceptors (Lipinski definition) is 4. The first-order chi connectivity index (χ1) is 10.8. The molecule has 3 rings (SSSR count). The monoisotopic (exact) mass is 310 g/mol. The second-order valence-corrected chi connectivity index (χ2v) is 5.93. The molecule has 4 heteroatoms. The third-order valence-electron chi connectivity index (χ3n) is 3.52. The van der Waals surface area contributed by atoms with Gasteiger partial charge in [-0.05, 0) is 51.2 Å². The first-order valence-corrected chi connectivity index (χ1v) is 8.17. The molecular weight excluding hydrogens is 292 g/mol. The second kappa shape index (κ2) is 7.31. The van der Waals surface area contributed by atoms with E-state index in [0.29, 0.717) is 6.54 Å². The van der Waals surface area contributed by atoms with E-state index in [-0.39, 0.29) is 0 Å². The van der Waals surface area contributed by atoms with Gasteiger partial charge in [-0.15, -0.1) is 0 Å². The van der Waals surface area contributed by atoms with Gasteiger partial charge in [0.25, 0.3) is 0 Å². The molecule has 0 aliphatic rings. The van der Waals surface area contributed by atoms with Crippen LogP contribution in [0.1, 0.15) is 17.2 Å². The maximum absolute atomic E-state index is 10.1. The van der Waals surface area contributed by atoms with Crippen LogP contribution in [0.5, 0.6) is 0 Å². The predicted molar refractivity (Wildman–Crippen MR) is 90.7 cm³/mol. The Morgan fingerprint density at radius 3 is 2.82 bits per heavy atom. The minimum Gasteiger partial charge on any atom is -0.387 e. The van der Waals surface area contributed by atoms with Gasteiger partial charge >= 0.3 is 0 Å². The molecule has 0 bridgehead atoms. The summed E-state index contributed by atoms with van der Waals surface area (Å²) in [6, 6.07) is 14.3. The highest BCUT2D eigenvalue weighted by atomic mass is 32.1. The summed E-state index contributed by atoms with van der Waals surface area (Å²) in [5.74, 6) is 0. The van der Waals surface area contributed by atoms with Crippen LogP contribution >= 0.6 is 11.3 Å². The molecule has 0 aliphatic carbocycles. The molecular formula is C18H18N2OS. The second-order valence-electron chi connectivity index (χ2n) is 5.15. The van der Waals surface area contributed by atoms with Gasteiger partial charge in [-0.3, -0.25) is 4.98 Å². The van der Waals surface area contributed by atoms with Crippen molar-refractivity contribution in [3.05, 3.63) is 76.7 Å². The van der Waals surface area contributed by atoms with Gasteiger partial charge in [0.05, 0.1) is 6.10 Å². The number of rotatable bonds is 6. The van der Waals surface area contributed by atoms with Crippen LogP contribution in [0.15, 0.2) is 65.6 Å². The van der Waals surface area contributed by atoms with E-state index >= 15 is 0 Å². The maximum Gasteiger partial charge on any atom is 0.0922 e. The van der Waals surface area contributed by atoms with Crippen molar-refractivity contribution in [2.24, 2.45) is 0 Å². The van der Waals surface area contributed by atoms with E-state index < -0.39 is 6.10 Å². The molecule has 1 atom stereocenters. The number of aliphatic hydroxyl groups excluding tert-OH is 1. The number of hydrogen-bond donors (Lipinski definition) is 2. The molecule has 0 spiro atoms. The Morgan fingerprint density at radius 2 is 2.05 bits per heavy atom. The Hall–Kier alpha value is -2.01. The number of thiophene rings is 1. The van der Waals surface area contributed by atoms with Gasteiger partial charge in [0, 0.05) is 25.5 Å². The number of pyridine rings is 1. The Kier molecular flexibility index (Phi) is 4.96. The summed E-state index contributed by atoms with van der Waals surface area (Å²) in [6.45, 7) is 1.28. The van der Waals surface area contributed by atoms with Gasteiger partial charge in [-0.25, -0.2) is 0 Å². The smallest absolute Gasteiger partial charge is 0.0922 e. The zero-order chi connectivity index (χ0) is 15.2. The summed E-state index contributed by atoms with van der Waals surface area (Å²) in [7, 11) is 0. The van der Waals surface area contributed by atoms with Crippen molar-refractivity contribution in [3.63, 3.8) is 0 Å². The van der Waals surface area contributed by atoms with Crippen LogP contribution in [-0.2, 0) is 6.54 Å². The molecule has 22 heavy (non-hydrogen) atoms. The quantitative estimate of drug-likeness (QED) is 0.731. The minimum absolute atomic E-state index is 0.451. The molecule has 1 unspecified atom stereocenters. The lowest BCUT2D eigenvalue weighted by molar-refractivity contribution is 0.175. The first-order valence-electron chi connectivity index (χ1n) is 7.23. The Morgan fingerprint density at radius 1 is 1.14 bits per heavy atom. The molecule has 3 nitrogen and oxygen atoms in total. The van der Waals surface area contributed by atoms with Gasteiger partial charge in [0.1, 0.15) is 0 Å². The summed E-state index contributed by atoms with van der Waals surface area (Å²) >= 11 is 1.60. The molecule has 0 fully saturated rings. The van der Waals surface area contributed by atoms with Gasteiger partial charge < -0.3 is 10.4 Å². The largest absolute Gasteiger partial charge is 0.387 e. The SMILES string of the molecule is OC(CNCc1cccc(-c2cccnc2)c1)c1ccsc1. The highest BCUT2D eigenvalue weighted by molar-refractivity contribution is 7.07. The summed E-state index contributed by atoms with van der Waals surface area (Å²) < 4.78 is 0. The fraction of sp³-hybridized carbons (Fsp3) is 0.167. The van der Waals surface area contributed by atoms with Crippen molar-refractivity contribution in [2.45, 2.75) is 12.6 Å². The van der Waals surface area contributed by atoms with E-state index in [1.165, 1.54) is 5.56 Å². The predicted octanol–water partition coefficient (Wildman–Crippen LogP) is 3.63. The number of aliphatic hydroxyl groups is 1. The fourth-order valence-corrected chi connectivity index (χ4v) is 3.04. The van der Waals surface area contributed by atoms with E-state index in [4.69, 9.17) is 0 Å². The van der Waals surface area contributed by atoms with Crippen molar-refractivity contribution in [2.75, 3.05) is 6.54 Å². The lowest BCUT2D eigenvalue weighted by Gasteiger charge is -2.11. The molecule has 0 amide bonds. The van der Waals surface area contributed by atoms with Crippen LogP contribution in [0.3, 0.4) is 0 Å². The average Bonchev–Trinajstić information content (AvgIpc) is 3.10.